The Hall–Kier alpha value is -3.14. The van der Waals surface area contributed by atoms with Crippen molar-refractivity contribution in [2.75, 3.05) is 0 Å². The van der Waals surface area contributed by atoms with Crippen molar-refractivity contribution in [3.8, 4) is 22.3 Å². The number of carbonyl (C=O) groups is 2. The minimum Gasteiger partial charge on any atom is -0.488 e. The number of ether oxygens (including phenoxy) is 1. The van der Waals surface area contributed by atoms with Crippen molar-refractivity contribution in [2.45, 2.75) is 32.3 Å². The number of hydrogen-bond acceptors (Lipinski definition) is 6. The molecule has 1 aliphatic heterocycles. The van der Waals surface area contributed by atoms with Crippen LogP contribution in [0.15, 0.2) is 52.8 Å². The summed E-state index contributed by atoms with van der Waals surface area (Å²) in [4.78, 5) is 25.7. The van der Waals surface area contributed by atoms with E-state index in [1.165, 1.54) is 29.9 Å². The van der Waals surface area contributed by atoms with Crippen LogP contribution in [0.2, 0.25) is 5.02 Å². The van der Waals surface area contributed by atoms with E-state index in [-0.39, 0.29) is 29.7 Å². The first kappa shape index (κ1) is 21.1. The Morgan fingerprint density at radius 3 is 2.84 bits per heavy atom. The highest BCUT2D eigenvalue weighted by Gasteiger charge is 2.27. The zero-order valence-electron chi connectivity index (χ0n) is 16.7. The number of carbonyl (C=O) groups excluding carboxylic acids is 2. The fourth-order valence-electron chi connectivity index (χ4n) is 3.50. The molecule has 0 aliphatic carbocycles. The summed E-state index contributed by atoms with van der Waals surface area (Å²) in [5, 5.41) is 9.81. The second-order valence-electron chi connectivity index (χ2n) is 7.30. The Kier molecular flexibility index (Phi) is 6.08. The molecule has 156 valence electrons. The molecule has 0 fully saturated rings. The van der Waals surface area contributed by atoms with Crippen LogP contribution in [0.5, 0.6) is 5.75 Å². The summed E-state index contributed by atoms with van der Waals surface area (Å²) in [6.45, 7) is 1.55. The second-order valence-corrected chi connectivity index (χ2v) is 8.79. The van der Waals surface area contributed by atoms with Crippen molar-refractivity contribution in [3.63, 3.8) is 0 Å². The van der Waals surface area contributed by atoms with E-state index < -0.39 is 0 Å². The van der Waals surface area contributed by atoms with Crippen LogP contribution in [0, 0.1) is 11.3 Å². The molecule has 0 saturated carbocycles. The van der Waals surface area contributed by atoms with Crippen LogP contribution in [0.25, 0.3) is 16.5 Å². The van der Waals surface area contributed by atoms with Crippen molar-refractivity contribution in [1.82, 2.24) is 0 Å². The van der Waals surface area contributed by atoms with Gasteiger partial charge in [0.2, 0.25) is 0 Å². The molecule has 3 heterocycles. The SMILES string of the molecule is CC(=O)c1ccc(-c2cc(Cl)c3c(c2)CC(CCC(=O)/C(C#N)=C/c2ccoc2)O3)s1. The number of halogens is 1. The molecule has 1 aliphatic rings. The summed E-state index contributed by atoms with van der Waals surface area (Å²) >= 11 is 7.89. The van der Waals surface area contributed by atoms with Crippen LogP contribution in [0.4, 0.5) is 0 Å². The number of ketones is 2. The number of furan rings is 1. The number of nitrogens with zero attached hydrogens (tertiary/aromatic N) is 1. The van der Waals surface area contributed by atoms with Crippen molar-refractivity contribution in [3.05, 3.63) is 69.5 Å². The van der Waals surface area contributed by atoms with Gasteiger partial charge >= 0.3 is 0 Å². The molecule has 0 saturated heterocycles. The third-order valence-electron chi connectivity index (χ3n) is 5.06. The van der Waals surface area contributed by atoms with Crippen LogP contribution in [-0.4, -0.2) is 17.7 Å². The van der Waals surface area contributed by atoms with Gasteiger partial charge < -0.3 is 9.15 Å². The van der Waals surface area contributed by atoms with Gasteiger partial charge in [0.05, 0.1) is 28.0 Å². The number of hydrogen-bond donors (Lipinski definition) is 0. The van der Waals surface area contributed by atoms with Crippen molar-refractivity contribution in [2.24, 2.45) is 0 Å². The maximum absolute atomic E-state index is 12.5. The van der Waals surface area contributed by atoms with Gasteiger partial charge in [-0.05, 0) is 55.3 Å². The largest absolute Gasteiger partial charge is 0.488 e. The van der Waals surface area contributed by atoms with Gasteiger partial charge in [-0.3, -0.25) is 9.59 Å². The molecule has 1 unspecified atom stereocenters. The minimum absolute atomic E-state index is 0.0372. The van der Waals surface area contributed by atoms with Crippen LogP contribution in [0.1, 0.15) is 40.6 Å². The molecule has 0 spiro atoms. The van der Waals surface area contributed by atoms with Gasteiger partial charge in [-0.15, -0.1) is 11.3 Å². The van der Waals surface area contributed by atoms with Gasteiger partial charge in [0.15, 0.2) is 11.6 Å². The Morgan fingerprint density at radius 1 is 1.32 bits per heavy atom. The molecule has 5 nitrogen and oxygen atoms in total. The molecule has 0 amide bonds. The first-order valence-electron chi connectivity index (χ1n) is 9.72. The van der Waals surface area contributed by atoms with E-state index in [1.54, 1.807) is 13.0 Å². The predicted octanol–water partition coefficient (Wildman–Crippen LogP) is 6.12. The summed E-state index contributed by atoms with van der Waals surface area (Å²) in [6.07, 6.45) is 5.63. The van der Waals surface area contributed by atoms with Crippen molar-refractivity contribution in [1.29, 1.82) is 5.26 Å². The van der Waals surface area contributed by atoms with Crippen LogP contribution in [0.3, 0.4) is 0 Å². The summed E-state index contributed by atoms with van der Waals surface area (Å²) in [5.74, 6) is 0.446. The maximum atomic E-state index is 12.5. The first-order chi connectivity index (χ1) is 14.9. The predicted molar refractivity (Wildman–Crippen MR) is 119 cm³/mol. The number of fused-ring (bicyclic) bond motifs is 1. The number of nitriles is 1. The van der Waals surface area contributed by atoms with E-state index in [9.17, 15) is 14.9 Å². The fourth-order valence-corrected chi connectivity index (χ4v) is 4.67. The van der Waals surface area contributed by atoms with Gasteiger partial charge in [0.1, 0.15) is 17.9 Å². The second kappa shape index (κ2) is 8.93. The Balaban J connectivity index is 1.44. The molecule has 1 atom stereocenters. The number of Topliss-reactive ketones (excluding diaryl/α,β-unsaturated/α-hetero) is 2. The van der Waals surface area contributed by atoms with Gasteiger partial charge in [-0.25, -0.2) is 0 Å². The van der Waals surface area contributed by atoms with E-state index in [0.29, 0.717) is 34.1 Å². The summed E-state index contributed by atoms with van der Waals surface area (Å²) in [6, 6.07) is 11.3. The average Bonchev–Trinajstić information content (AvgIpc) is 3.50. The highest BCUT2D eigenvalue weighted by molar-refractivity contribution is 7.17. The lowest BCUT2D eigenvalue weighted by Gasteiger charge is -2.10. The smallest absolute Gasteiger partial charge is 0.173 e. The Morgan fingerprint density at radius 2 is 2.16 bits per heavy atom. The first-order valence-corrected chi connectivity index (χ1v) is 10.9. The summed E-state index contributed by atoms with van der Waals surface area (Å²) in [5.41, 5.74) is 2.69. The highest BCUT2D eigenvalue weighted by atomic mass is 35.5. The molecule has 0 radical (unpaired) electrons. The molecule has 0 N–H and O–H groups in total. The van der Waals surface area contributed by atoms with Crippen LogP contribution in [-0.2, 0) is 11.2 Å². The van der Waals surface area contributed by atoms with E-state index >= 15 is 0 Å². The van der Waals surface area contributed by atoms with E-state index in [4.69, 9.17) is 20.8 Å². The maximum Gasteiger partial charge on any atom is 0.173 e. The lowest BCUT2D eigenvalue weighted by atomic mass is 10.0. The van der Waals surface area contributed by atoms with Gasteiger partial charge in [-0.1, -0.05) is 11.6 Å². The summed E-state index contributed by atoms with van der Waals surface area (Å²) < 4.78 is 11.0. The number of rotatable bonds is 7. The highest BCUT2D eigenvalue weighted by Crippen LogP contribution is 2.41. The summed E-state index contributed by atoms with van der Waals surface area (Å²) in [7, 11) is 0. The third kappa shape index (κ3) is 4.63. The molecule has 3 aromatic rings. The monoisotopic (exact) mass is 451 g/mol. The quantitative estimate of drug-likeness (QED) is 0.245. The van der Waals surface area contributed by atoms with E-state index in [2.05, 4.69) is 0 Å². The van der Waals surface area contributed by atoms with Crippen molar-refractivity contribution >= 4 is 40.6 Å². The number of thiophene rings is 1. The molecule has 4 rings (SSSR count). The number of allylic oxidation sites excluding steroid dienone is 1. The standard InChI is InChI=1S/C24H18ClNO4S/c1-14(27)22-4-5-23(31-22)16-9-17-10-19(30-24(17)20(25)11-16)2-3-21(28)18(12-26)8-15-6-7-29-13-15/h4-9,11,13,19H,2-3,10H2,1H3/b18-8+. The Labute approximate surface area is 188 Å². The third-order valence-corrected chi connectivity index (χ3v) is 6.57. The number of benzene rings is 1. The lowest BCUT2D eigenvalue weighted by molar-refractivity contribution is -0.115. The molecule has 2 aromatic heterocycles. The lowest BCUT2D eigenvalue weighted by Crippen LogP contribution is -2.15. The van der Waals surface area contributed by atoms with Gasteiger partial charge in [0.25, 0.3) is 0 Å². The van der Waals surface area contributed by atoms with Crippen LogP contribution < -0.4 is 4.74 Å². The zero-order valence-corrected chi connectivity index (χ0v) is 18.3. The van der Waals surface area contributed by atoms with Crippen molar-refractivity contribution < 1.29 is 18.7 Å². The van der Waals surface area contributed by atoms with Gasteiger partial charge in [0, 0.05) is 28.8 Å². The molecule has 31 heavy (non-hydrogen) atoms. The van der Waals surface area contributed by atoms with E-state index in [0.717, 1.165) is 16.0 Å². The molecule has 1 aromatic carbocycles. The fraction of sp³-hybridized carbons (Fsp3) is 0.208. The van der Waals surface area contributed by atoms with E-state index in [1.807, 2.05) is 30.3 Å². The average molecular weight is 452 g/mol. The molecular formula is C24H18ClNO4S. The van der Waals surface area contributed by atoms with Gasteiger partial charge in [-0.2, -0.15) is 5.26 Å². The molecule has 7 heteroatoms. The molecule has 0 bridgehead atoms. The topological polar surface area (TPSA) is 80.3 Å². The van der Waals surface area contributed by atoms with Crippen LogP contribution >= 0.6 is 22.9 Å². The zero-order chi connectivity index (χ0) is 22.0. The normalized spacial score (nSPS) is 15.3. The molecular weight excluding hydrogens is 434 g/mol. The Bertz CT molecular complexity index is 1220. The minimum atomic E-state index is -0.231.